The molecule has 9 heteroatoms. The van der Waals surface area contributed by atoms with Crippen LogP contribution in [0.25, 0.3) is 39.0 Å². The highest BCUT2D eigenvalue weighted by molar-refractivity contribution is 6.30. The number of rotatable bonds is 3. The molecule has 1 aliphatic rings. The number of allylic oxidation sites excluding steroid dienone is 1. The van der Waals surface area contributed by atoms with Gasteiger partial charge in [-0.2, -0.15) is 10.2 Å². The summed E-state index contributed by atoms with van der Waals surface area (Å²) in [5.74, 6) is 0.227. The number of anilines is 2. The molecule has 7 rings (SSSR count). The van der Waals surface area contributed by atoms with Gasteiger partial charge in [0.25, 0.3) is 0 Å². The van der Waals surface area contributed by atoms with Crippen LogP contribution in [0.15, 0.2) is 88.1 Å². The number of fused-ring (bicyclic) bond motifs is 3. The normalized spacial score (nSPS) is 14.3. The van der Waals surface area contributed by atoms with Gasteiger partial charge >= 0.3 is 5.63 Å². The molecule has 0 spiro atoms. The van der Waals surface area contributed by atoms with Crippen molar-refractivity contribution in [2.24, 2.45) is 0 Å². The van der Waals surface area contributed by atoms with Crippen LogP contribution in [0, 0.1) is 18.3 Å². The standard InChI is InChI=1S/C33H22ClN5O3/c1-16-7-12-23-20(13-16)25(30(38-23)18-5-3-2-4-6-18)21-14-24(17-8-10-19(34)11-9-17)41-31-26(21)29(37)27-28(36)22(15-35)33(40)42-32(27)39-31/h2-14,21,38H,36H2,1H3,(H2,37,39). The molecule has 8 nitrogen and oxygen atoms in total. The number of nitrogens with one attached hydrogen (secondary N) is 1. The van der Waals surface area contributed by atoms with E-state index in [1.54, 1.807) is 12.1 Å². The first-order chi connectivity index (χ1) is 20.3. The second-order valence-corrected chi connectivity index (χ2v) is 10.6. The van der Waals surface area contributed by atoms with Gasteiger partial charge in [0.2, 0.25) is 11.6 Å². The summed E-state index contributed by atoms with van der Waals surface area (Å²) >= 11 is 6.18. The summed E-state index contributed by atoms with van der Waals surface area (Å²) in [4.78, 5) is 20.7. The molecule has 204 valence electrons. The van der Waals surface area contributed by atoms with Crippen molar-refractivity contribution in [2.45, 2.75) is 12.8 Å². The number of aromatic amines is 1. The zero-order valence-corrected chi connectivity index (χ0v) is 23.0. The van der Waals surface area contributed by atoms with E-state index in [4.69, 9.17) is 32.2 Å². The first-order valence-electron chi connectivity index (χ1n) is 13.1. The molecule has 1 aliphatic heterocycles. The SMILES string of the molecule is Cc1ccc2[nH]c(-c3ccccc3)c(C3C=C(c4ccc(Cl)cc4)Oc4nc5oc(=O)c(C#N)c(N)c5c(N)c43)c2c1. The van der Waals surface area contributed by atoms with Gasteiger partial charge < -0.3 is 25.6 Å². The average molecular weight is 572 g/mol. The highest BCUT2D eigenvalue weighted by Crippen LogP contribution is 2.50. The molecule has 3 aromatic heterocycles. The van der Waals surface area contributed by atoms with Crippen LogP contribution in [-0.4, -0.2) is 9.97 Å². The van der Waals surface area contributed by atoms with Crippen molar-refractivity contribution in [1.82, 2.24) is 9.97 Å². The van der Waals surface area contributed by atoms with Crippen molar-refractivity contribution in [3.8, 4) is 23.2 Å². The van der Waals surface area contributed by atoms with Crippen LogP contribution in [0.1, 0.15) is 33.7 Å². The number of nitriles is 1. The smallest absolute Gasteiger partial charge is 0.357 e. The third-order valence-electron chi connectivity index (χ3n) is 7.58. The fourth-order valence-corrected chi connectivity index (χ4v) is 5.74. The van der Waals surface area contributed by atoms with Gasteiger partial charge in [-0.25, -0.2) is 4.79 Å². The lowest BCUT2D eigenvalue weighted by molar-refractivity contribution is 0.465. The van der Waals surface area contributed by atoms with Crippen LogP contribution in [0.3, 0.4) is 0 Å². The molecule has 6 aromatic rings. The lowest BCUT2D eigenvalue weighted by atomic mass is 9.84. The van der Waals surface area contributed by atoms with Crippen LogP contribution >= 0.6 is 11.6 Å². The number of nitrogen functional groups attached to an aromatic ring is 2. The number of hydrogen-bond donors (Lipinski definition) is 3. The van der Waals surface area contributed by atoms with Crippen molar-refractivity contribution in [3.63, 3.8) is 0 Å². The van der Waals surface area contributed by atoms with Crippen LogP contribution in [0.4, 0.5) is 11.4 Å². The minimum atomic E-state index is -0.895. The van der Waals surface area contributed by atoms with Crippen molar-refractivity contribution < 1.29 is 9.15 Å². The molecule has 0 saturated heterocycles. The molecule has 0 aliphatic carbocycles. The van der Waals surface area contributed by atoms with Gasteiger partial charge in [-0.3, -0.25) is 0 Å². The quantitative estimate of drug-likeness (QED) is 0.209. The Kier molecular flexibility index (Phi) is 5.78. The Morgan fingerprint density at radius 2 is 1.74 bits per heavy atom. The summed E-state index contributed by atoms with van der Waals surface area (Å²) < 4.78 is 11.7. The van der Waals surface area contributed by atoms with E-state index in [2.05, 4.69) is 28.2 Å². The van der Waals surface area contributed by atoms with Crippen molar-refractivity contribution in [1.29, 1.82) is 5.26 Å². The van der Waals surface area contributed by atoms with Gasteiger partial charge in [-0.05, 0) is 60.5 Å². The minimum absolute atomic E-state index is 0.0826. The van der Waals surface area contributed by atoms with Gasteiger partial charge in [0.05, 0.1) is 28.0 Å². The lowest BCUT2D eigenvalue weighted by Crippen LogP contribution is -2.17. The van der Waals surface area contributed by atoms with E-state index in [1.165, 1.54) is 0 Å². The Labute approximate surface area is 244 Å². The average Bonchev–Trinajstić information content (AvgIpc) is 3.36. The van der Waals surface area contributed by atoms with Crippen LogP contribution in [0.2, 0.25) is 5.02 Å². The molecule has 42 heavy (non-hydrogen) atoms. The van der Waals surface area contributed by atoms with Crippen molar-refractivity contribution in [2.75, 3.05) is 11.5 Å². The zero-order valence-electron chi connectivity index (χ0n) is 22.2. The van der Waals surface area contributed by atoms with Gasteiger partial charge in [0.1, 0.15) is 11.8 Å². The first kappa shape index (κ1) is 25.4. The summed E-state index contributed by atoms with van der Waals surface area (Å²) in [5, 5.41) is 11.4. The number of hydrogen-bond acceptors (Lipinski definition) is 7. The minimum Gasteiger partial charge on any atom is -0.438 e. The zero-order chi connectivity index (χ0) is 29.1. The molecule has 1 unspecified atom stereocenters. The maximum absolute atomic E-state index is 12.5. The topological polar surface area (TPSA) is 144 Å². The highest BCUT2D eigenvalue weighted by atomic mass is 35.5. The summed E-state index contributed by atoms with van der Waals surface area (Å²) in [6.07, 6.45) is 1.99. The third-order valence-corrected chi connectivity index (χ3v) is 7.83. The van der Waals surface area contributed by atoms with E-state index >= 15 is 0 Å². The molecule has 0 fully saturated rings. The van der Waals surface area contributed by atoms with Crippen LogP contribution in [-0.2, 0) is 0 Å². The summed E-state index contributed by atoms with van der Waals surface area (Å²) in [5.41, 5.74) is 18.2. The predicted molar refractivity (Wildman–Crippen MR) is 164 cm³/mol. The fourth-order valence-electron chi connectivity index (χ4n) is 5.62. The van der Waals surface area contributed by atoms with E-state index in [9.17, 15) is 10.1 Å². The molecular weight excluding hydrogens is 550 g/mol. The number of halogens is 1. The predicted octanol–water partition coefficient (Wildman–Crippen LogP) is 6.90. The maximum Gasteiger partial charge on any atom is 0.357 e. The highest BCUT2D eigenvalue weighted by Gasteiger charge is 2.34. The van der Waals surface area contributed by atoms with Gasteiger partial charge in [-0.1, -0.05) is 53.6 Å². The largest absolute Gasteiger partial charge is 0.438 e. The molecule has 0 radical (unpaired) electrons. The fraction of sp³-hybridized carbons (Fsp3) is 0.0606. The number of ether oxygens (including phenoxy) is 1. The molecule has 3 aromatic carbocycles. The van der Waals surface area contributed by atoms with Crippen LogP contribution < -0.4 is 21.8 Å². The van der Waals surface area contributed by atoms with E-state index in [0.717, 1.165) is 38.9 Å². The van der Waals surface area contributed by atoms with E-state index in [0.29, 0.717) is 16.3 Å². The molecular formula is C33H22ClN5O3. The Morgan fingerprint density at radius 1 is 0.976 bits per heavy atom. The summed E-state index contributed by atoms with van der Waals surface area (Å²) in [6, 6.07) is 25.4. The second-order valence-electron chi connectivity index (χ2n) is 10.2. The first-order valence-corrected chi connectivity index (χ1v) is 13.5. The number of aromatic nitrogens is 2. The number of aryl methyl sites for hydroxylation is 1. The summed E-state index contributed by atoms with van der Waals surface area (Å²) in [7, 11) is 0. The van der Waals surface area contributed by atoms with Crippen molar-refractivity contribution >= 4 is 50.7 Å². The number of nitrogens with zero attached hydrogens (tertiary/aromatic N) is 2. The Balaban J connectivity index is 1.60. The van der Waals surface area contributed by atoms with Gasteiger partial charge in [-0.15, -0.1) is 0 Å². The van der Waals surface area contributed by atoms with E-state index in [-0.39, 0.29) is 33.9 Å². The van der Waals surface area contributed by atoms with E-state index < -0.39 is 11.5 Å². The second kappa shape index (κ2) is 9.54. The molecule has 0 saturated carbocycles. The summed E-state index contributed by atoms with van der Waals surface area (Å²) in [6.45, 7) is 2.04. The van der Waals surface area contributed by atoms with Crippen molar-refractivity contribution in [3.05, 3.63) is 122 Å². The lowest BCUT2D eigenvalue weighted by Gasteiger charge is -2.27. The Morgan fingerprint density at radius 3 is 2.48 bits per heavy atom. The van der Waals surface area contributed by atoms with E-state index in [1.807, 2.05) is 61.5 Å². The number of benzene rings is 3. The monoisotopic (exact) mass is 571 g/mol. The molecule has 4 heterocycles. The number of nitrogens with two attached hydrogens (primary N) is 2. The number of pyridine rings is 1. The maximum atomic E-state index is 12.5. The molecule has 5 N–H and O–H groups in total. The Hall–Kier alpha value is -5.52. The Bertz CT molecular complexity index is 2190. The van der Waals surface area contributed by atoms with Gasteiger partial charge in [0, 0.05) is 27.4 Å². The van der Waals surface area contributed by atoms with Crippen LogP contribution in [0.5, 0.6) is 5.88 Å². The third kappa shape index (κ3) is 3.91. The van der Waals surface area contributed by atoms with Gasteiger partial charge in [0.15, 0.2) is 5.56 Å². The molecule has 1 atom stereocenters. The number of H-pyrrole nitrogens is 1. The molecule has 0 amide bonds. The molecule has 0 bridgehead atoms.